The fraction of sp³-hybridized carbons (Fsp3) is 0.462. The topological polar surface area (TPSA) is 71.1 Å². The molecule has 1 unspecified atom stereocenters. The Balaban J connectivity index is 2.08. The zero-order valence-electron chi connectivity index (χ0n) is 12.2. The van der Waals surface area contributed by atoms with E-state index in [2.05, 4.69) is 21.9 Å². The lowest BCUT2D eigenvalue weighted by atomic mass is 10.2. The number of thiazole rings is 1. The number of nitrogens with one attached hydrogen (secondary N) is 2. The van der Waals surface area contributed by atoms with Crippen LogP contribution in [0.3, 0.4) is 0 Å². The van der Waals surface area contributed by atoms with Crippen LogP contribution in [0, 0.1) is 6.92 Å². The molecule has 2 aromatic heterocycles. The van der Waals surface area contributed by atoms with Crippen molar-refractivity contribution in [1.29, 1.82) is 0 Å². The van der Waals surface area contributed by atoms with Crippen molar-refractivity contribution in [2.75, 3.05) is 11.3 Å². The van der Waals surface area contributed by atoms with Gasteiger partial charge in [-0.1, -0.05) is 6.92 Å². The molecule has 0 bridgehead atoms. The Morgan fingerprint density at radius 3 is 2.76 bits per heavy atom. The number of hydrogen-bond donors (Lipinski definition) is 2. The second-order valence-corrected chi connectivity index (χ2v) is 8.78. The van der Waals surface area contributed by atoms with Gasteiger partial charge in [-0.2, -0.15) is 0 Å². The second-order valence-electron chi connectivity index (χ2n) is 4.72. The van der Waals surface area contributed by atoms with Crippen LogP contribution in [0.5, 0.6) is 0 Å². The molecule has 0 aliphatic heterocycles. The number of thiophene rings is 1. The number of hydrogen-bond acceptors (Lipinski definition) is 6. The molecule has 0 fully saturated rings. The van der Waals surface area contributed by atoms with E-state index >= 15 is 0 Å². The lowest BCUT2D eigenvalue weighted by molar-refractivity contribution is 0.561. The first kappa shape index (κ1) is 16.4. The van der Waals surface area contributed by atoms with Gasteiger partial charge in [-0.05, 0) is 38.9 Å². The molecule has 0 saturated carbocycles. The Bertz CT molecular complexity index is 691. The molecule has 2 heterocycles. The van der Waals surface area contributed by atoms with Crippen LogP contribution in [-0.2, 0) is 10.0 Å². The van der Waals surface area contributed by atoms with Gasteiger partial charge in [0, 0.05) is 16.3 Å². The Labute approximate surface area is 133 Å². The Kier molecular flexibility index (Phi) is 5.37. The number of aryl methyl sites for hydroxylation is 1. The maximum absolute atomic E-state index is 12.2. The van der Waals surface area contributed by atoms with Crippen LogP contribution in [0.2, 0.25) is 0 Å². The molecule has 1 atom stereocenters. The summed E-state index contributed by atoms with van der Waals surface area (Å²) >= 11 is 2.56. The highest BCUT2D eigenvalue weighted by Gasteiger charge is 2.18. The zero-order chi connectivity index (χ0) is 15.5. The predicted octanol–water partition coefficient (Wildman–Crippen LogP) is 3.37. The number of sulfonamides is 1. The van der Waals surface area contributed by atoms with E-state index in [0.717, 1.165) is 23.5 Å². The van der Waals surface area contributed by atoms with Gasteiger partial charge in [0.1, 0.15) is 4.21 Å². The predicted molar refractivity (Wildman–Crippen MR) is 88.7 cm³/mol. The normalized spacial score (nSPS) is 13.3. The van der Waals surface area contributed by atoms with Gasteiger partial charge < -0.3 is 5.32 Å². The van der Waals surface area contributed by atoms with Crippen LogP contribution >= 0.6 is 22.7 Å². The fourth-order valence-electron chi connectivity index (χ4n) is 1.72. The largest absolute Gasteiger partial charge is 0.309 e. The van der Waals surface area contributed by atoms with Gasteiger partial charge in [-0.25, -0.2) is 13.4 Å². The van der Waals surface area contributed by atoms with Crippen molar-refractivity contribution < 1.29 is 8.42 Å². The third-order valence-corrected chi connectivity index (χ3v) is 6.60. The van der Waals surface area contributed by atoms with Crippen molar-refractivity contribution >= 4 is 37.8 Å². The molecule has 2 rings (SSSR count). The SMILES string of the molecule is CCCNC(C)c1csc(NS(=O)(=O)c2ccc(C)s2)n1. The average molecular weight is 346 g/mol. The van der Waals surface area contributed by atoms with E-state index in [0.29, 0.717) is 9.34 Å². The molecule has 8 heteroatoms. The van der Waals surface area contributed by atoms with Gasteiger partial charge in [-0.15, -0.1) is 22.7 Å². The first-order valence-electron chi connectivity index (χ1n) is 6.70. The van der Waals surface area contributed by atoms with Crippen molar-refractivity contribution in [3.63, 3.8) is 0 Å². The van der Waals surface area contributed by atoms with E-state index in [1.165, 1.54) is 22.7 Å². The highest BCUT2D eigenvalue weighted by Crippen LogP contribution is 2.26. The molecule has 5 nitrogen and oxygen atoms in total. The van der Waals surface area contributed by atoms with Gasteiger partial charge in [0.15, 0.2) is 5.13 Å². The van der Waals surface area contributed by atoms with Crippen molar-refractivity contribution in [3.05, 3.63) is 28.1 Å². The molecule has 0 saturated heterocycles. The number of nitrogens with zero attached hydrogens (tertiary/aromatic N) is 1. The molecule has 0 radical (unpaired) electrons. The first-order chi connectivity index (χ1) is 9.92. The molecule has 0 aromatic carbocycles. The van der Waals surface area contributed by atoms with Crippen LogP contribution < -0.4 is 10.0 Å². The summed E-state index contributed by atoms with van der Waals surface area (Å²) in [6.45, 7) is 6.91. The number of rotatable bonds is 7. The highest BCUT2D eigenvalue weighted by molar-refractivity contribution is 7.94. The lowest BCUT2D eigenvalue weighted by Gasteiger charge is -2.09. The van der Waals surface area contributed by atoms with Crippen LogP contribution in [0.25, 0.3) is 0 Å². The highest BCUT2D eigenvalue weighted by atomic mass is 32.2. The van der Waals surface area contributed by atoms with Crippen molar-refractivity contribution in [2.24, 2.45) is 0 Å². The quantitative estimate of drug-likeness (QED) is 0.807. The third kappa shape index (κ3) is 4.26. The summed E-state index contributed by atoms with van der Waals surface area (Å²) in [6, 6.07) is 3.52. The molecule has 0 aliphatic rings. The molecule has 116 valence electrons. The van der Waals surface area contributed by atoms with Crippen LogP contribution in [0.4, 0.5) is 5.13 Å². The van der Waals surface area contributed by atoms with Crippen LogP contribution in [0.1, 0.15) is 36.9 Å². The summed E-state index contributed by atoms with van der Waals surface area (Å²) in [5.74, 6) is 0. The van der Waals surface area contributed by atoms with Crippen molar-refractivity contribution in [1.82, 2.24) is 10.3 Å². The van der Waals surface area contributed by atoms with Gasteiger partial charge in [0.25, 0.3) is 10.0 Å². The zero-order valence-corrected chi connectivity index (χ0v) is 14.7. The Morgan fingerprint density at radius 2 is 2.14 bits per heavy atom. The molecule has 21 heavy (non-hydrogen) atoms. The second kappa shape index (κ2) is 6.87. The van der Waals surface area contributed by atoms with E-state index in [1.807, 2.05) is 19.2 Å². The van der Waals surface area contributed by atoms with Crippen molar-refractivity contribution in [2.45, 2.75) is 37.4 Å². The third-order valence-electron chi connectivity index (χ3n) is 2.87. The van der Waals surface area contributed by atoms with E-state index in [4.69, 9.17) is 0 Å². The monoisotopic (exact) mass is 345 g/mol. The molecular formula is C13H19N3O2S3. The fourth-order valence-corrected chi connectivity index (χ4v) is 5.06. The average Bonchev–Trinajstić information content (AvgIpc) is 3.05. The summed E-state index contributed by atoms with van der Waals surface area (Å²) in [5.41, 5.74) is 0.855. The minimum absolute atomic E-state index is 0.114. The first-order valence-corrected chi connectivity index (χ1v) is 9.88. The standard InChI is InChI=1S/C13H19N3O2S3/c1-4-7-14-10(3)11-8-19-13(15-11)16-21(17,18)12-6-5-9(2)20-12/h5-6,8,10,14H,4,7H2,1-3H3,(H,15,16). The van der Waals surface area contributed by atoms with Crippen LogP contribution in [0.15, 0.2) is 21.7 Å². The molecule has 2 N–H and O–H groups in total. The van der Waals surface area contributed by atoms with Gasteiger partial charge in [0.05, 0.1) is 5.69 Å². The maximum atomic E-state index is 12.2. The van der Waals surface area contributed by atoms with Gasteiger partial charge in [-0.3, -0.25) is 4.72 Å². The van der Waals surface area contributed by atoms with Gasteiger partial charge in [0.2, 0.25) is 0 Å². The minimum atomic E-state index is -3.53. The molecular weight excluding hydrogens is 326 g/mol. The Hall–Kier alpha value is -0.960. The summed E-state index contributed by atoms with van der Waals surface area (Å²) in [7, 11) is -3.53. The van der Waals surface area contributed by atoms with Crippen LogP contribution in [-0.4, -0.2) is 19.9 Å². The van der Waals surface area contributed by atoms with E-state index in [-0.39, 0.29) is 6.04 Å². The smallest absolute Gasteiger partial charge is 0.273 e. The maximum Gasteiger partial charge on any atom is 0.273 e. The summed E-state index contributed by atoms with van der Waals surface area (Å²) < 4.78 is 27.3. The minimum Gasteiger partial charge on any atom is -0.309 e. The van der Waals surface area contributed by atoms with E-state index in [1.54, 1.807) is 12.1 Å². The number of anilines is 1. The molecule has 0 aliphatic carbocycles. The Morgan fingerprint density at radius 1 is 1.38 bits per heavy atom. The van der Waals surface area contributed by atoms with E-state index < -0.39 is 10.0 Å². The summed E-state index contributed by atoms with van der Waals surface area (Å²) in [5, 5.41) is 5.61. The lowest BCUT2D eigenvalue weighted by Crippen LogP contribution is -2.19. The van der Waals surface area contributed by atoms with E-state index in [9.17, 15) is 8.42 Å². The number of aromatic nitrogens is 1. The molecule has 2 aromatic rings. The summed E-state index contributed by atoms with van der Waals surface area (Å²) in [4.78, 5) is 5.32. The molecule has 0 spiro atoms. The summed E-state index contributed by atoms with van der Waals surface area (Å²) in [6.07, 6.45) is 1.05. The van der Waals surface area contributed by atoms with Gasteiger partial charge >= 0.3 is 0 Å². The molecule has 0 amide bonds. The van der Waals surface area contributed by atoms with Crippen molar-refractivity contribution in [3.8, 4) is 0 Å².